The van der Waals surface area contributed by atoms with Gasteiger partial charge in [0, 0.05) is 18.1 Å². The van der Waals surface area contributed by atoms with E-state index in [1.54, 1.807) is 20.8 Å². The summed E-state index contributed by atoms with van der Waals surface area (Å²) in [6, 6.07) is 8.85. The molecule has 2 atom stereocenters. The molecular formula is C25H40N2O6S. The first-order valence-corrected chi connectivity index (χ1v) is 12.5. The summed E-state index contributed by atoms with van der Waals surface area (Å²) >= 11 is 1.35. The molecule has 0 aromatic heterocycles. The third-order valence-electron chi connectivity index (χ3n) is 4.68. The highest BCUT2D eigenvalue weighted by atomic mass is 32.2. The number of carbonyl (C=O) groups is 3. The van der Waals surface area contributed by atoms with Crippen LogP contribution in [0.25, 0.3) is 0 Å². The van der Waals surface area contributed by atoms with Crippen LogP contribution in [0.1, 0.15) is 60.5 Å². The maximum atomic E-state index is 13.3. The van der Waals surface area contributed by atoms with Gasteiger partial charge in [0.25, 0.3) is 0 Å². The van der Waals surface area contributed by atoms with Gasteiger partial charge in [-0.05, 0) is 53.5 Å². The van der Waals surface area contributed by atoms with Crippen molar-refractivity contribution >= 4 is 29.8 Å². The predicted octanol–water partition coefficient (Wildman–Crippen LogP) is 4.07. The number of benzene rings is 1. The second-order valence-corrected chi connectivity index (χ2v) is 11.0. The van der Waals surface area contributed by atoms with Crippen molar-refractivity contribution in [1.82, 2.24) is 10.6 Å². The van der Waals surface area contributed by atoms with E-state index in [9.17, 15) is 14.4 Å². The Morgan fingerprint density at radius 2 is 1.56 bits per heavy atom. The molecule has 0 aliphatic carbocycles. The fraction of sp³-hybridized carbons (Fsp3) is 0.640. The summed E-state index contributed by atoms with van der Waals surface area (Å²) in [6.07, 6.45) is -0.232. The maximum absolute atomic E-state index is 13.3. The van der Waals surface area contributed by atoms with Crippen molar-refractivity contribution in [2.75, 3.05) is 18.6 Å². The molecule has 34 heavy (non-hydrogen) atoms. The zero-order valence-corrected chi connectivity index (χ0v) is 22.5. The van der Waals surface area contributed by atoms with Gasteiger partial charge in [0.05, 0.1) is 7.11 Å². The Morgan fingerprint density at radius 1 is 0.971 bits per heavy atom. The second kappa shape index (κ2) is 13.0. The average Bonchev–Trinajstić information content (AvgIpc) is 2.73. The standard InChI is InChI=1S/C25H40N2O6S/c1-9-25(21(29)32-23(2,3)4,26-15-18-13-11-10-12-14-18)17-34-16-19(20(28)31-8)27-22(30)33-24(5,6)7/h10-14,19,26H,9,15-17H2,1-8H3,(H,27,30)/t19-,25?/m0/s1. The molecule has 0 spiro atoms. The summed E-state index contributed by atoms with van der Waals surface area (Å²) in [4.78, 5) is 37.7. The number of esters is 2. The smallest absolute Gasteiger partial charge is 0.408 e. The van der Waals surface area contributed by atoms with E-state index in [2.05, 4.69) is 10.6 Å². The second-order valence-electron chi connectivity index (χ2n) is 10.0. The number of rotatable bonds is 11. The first kappa shape index (κ1) is 29.8. The summed E-state index contributed by atoms with van der Waals surface area (Å²) in [5, 5.41) is 5.95. The zero-order valence-electron chi connectivity index (χ0n) is 21.7. The van der Waals surface area contributed by atoms with Crippen LogP contribution in [0.4, 0.5) is 4.79 Å². The highest BCUT2D eigenvalue weighted by molar-refractivity contribution is 7.99. The molecule has 0 saturated carbocycles. The van der Waals surface area contributed by atoms with Gasteiger partial charge in [-0.1, -0.05) is 37.3 Å². The van der Waals surface area contributed by atoms with E-state index in [1.165, 1.54) is 18.9 Å². The molecule has 1 rings (SSSR count). The number of amides is 1. The van der Waals surface area contributed by atoms with Crippen molar-refractivity contribution < 1.29 is 28.6 Å². The summed E-state index contributed by atoms with van der Waals surface area (Å²) < 4.78 is 15.8. The van der Waals surface area contributed by atoms with Gasteiger partial charge in [0.15, 0.2) is 0 Å². The van der Waals surface area contributed by atoms with Crippen LogP contribution in [0, 0.1) is 0 Å². The summed E-state index contributed by atoms with van der Waals surface area (Å²) in [6.45, 7) is 13.1. The van der Waals surface area contributed by atoms with Crippen LogP contribution in [0.3, 0.4) is 0 Å². The lowest BCUT2D eigenvalue weighted by Gasteiger charge is -2.35. The Bertz CT molecular complexity index is 804. The van der Waals surface area contributed by atoms with Crippen molar-refractivity contribution in [3.8, 4) is 0 Å². The molecule has 9 heteroatoms. The highest BCUT2D eigenvalue weighted by Crippen LogP contribution is 2.24. The lowest BCUT2D eigenvalue weighted by Crippen LogP contribution is -2.56. The maximum Gasteiger partial charge on any atom is 0.408 e. The van der Waals surface area contributed by atoms with Crippen molar-refractivity contribution in [1.29, 1.82) is 0 Å². The number of thioether (sulfide) groups is 1. The van der Waals surface area contributed by atoms with Crippen molar-refractivity contribution in [2.45, 2.75) is 84.2 Å². The number of methoxy groups -OCH3 is 1. The number of hydrogen-bond acceptors (Lipinski definition) is 8. The third-order valence-corrected chi connectivity index (χ3v) is 5.94. The molecule has 0 aliphatic heterocycles. The zero-order chi connectivity index (χ0) is 26.0. The van der Waals surface area contributed by atoms with Crippen LogP contribution in [0.15, 0.2) is 30.3 Å². The molecule has 1 unspecified atom stereocenters. The van der Waals surface area contributed by atoms with Crippen LogP contribution >= 0.6 is 11.8 Å². The fourth-order valence-corrected chi connectivity index (χ4v) is 4.25. The van der Waals surface area contributed by atoms with Crippen LogP contribution in [0.2, 0.25) is 0 Å². The molecule has 0 heterocycles. The SMILES string of the molecule is CCC(CSC[C@H](NC(=O)OC(C)(C)C)C(=O)OC)(NCc1ccccc1)C(=O)OC(C)(C)C. The lowest BCUT2D eigenvalue weighted by atomic mass is 9.97. The van der Waals surface area contributed by atoms with E-state index in [4.69, 9.17) is 14.2 Å². The molecule has 0 radical (unpaired) electrons. The average molecular weight is 497 g/mol. The van der Waals surface area contributed by atoms with Crippen molar-refractivity contribution in [3.05, 3.63) is 35.9 Å². The van der Waals surface area contributed by atoms with Crippen LogP contribution in [0.5, 0.6) is 0 Å². The summed E-state index contributed by atoms with van der Waals surface area (Å²) in [5.74, 6) is -0.422. The van der Waals surface area contributed by atoms with Gasteiger partial charge in [0.2, 0.25) is 0 Å². The van der Waals surface area contributed by atoms with Gasteiger partial charge >= 0.3 is 18.0 Å². The van der Waals surface area contributed by atoms with Crippen LogP contribution in [-0.2, 0) is 30.3 Å². The van der Waals surface area contributed by atoms with Gasteiger partial charge in [-0.3, -0.25) is 5.32 Å². The molecule has 0 saturated heterocycles. The molecule has 0 fully saturated rings. The Labute approximate surface area is 207 Å². The number of carbonyl (C=O) groups excluding carboxylic acids is 3. The molecule has 8 nitrogen and oxygen atoms in total. The fourth-order valence-electron chi connectivity index (χ4n) is 2.91. The van der Waals surface area contributed by atoms with E-state index < -0.39 is 34.8 Å². The summed E-state index contributed by atoms with van der Waals surface area (Å²) in [5.41, 5.74) is -1.30. The minimum atomic E-state index is -0.986. The Kier molecular flexibility index (Phi) is 11.4. The Morgan fingerprint density at radius 3 is 2.06 bits per heavy atom. The minimum Gasteiger partial charge on any atom is -0.467 e. The first-order valence-electron chi connectivity index (χ1n) is 11.4. The van der Waals surface area contributed by atoms with Crippen molar-refractivity contribution in [2.24, 2.45) is 0 Å². The van der Waals surface area contributed by atoms with E-state index in [-0.39, 0.29) is 11.7 Å². The molecule has 2 N–H and O–H groups in total. The number of alkyl carbamates (subject to hydrolysis) is 1. The Balaban J connectivity index is 2.97. The molecule has 0 bridgehead atoms. The molecule has 0 aliphatic rings. The third kappa shape index (κ3) is 10.8. The normalized spacial score (nSPS) is 14.5. The first-order chi connectivity index (χ1) is 15.7. The van der Waals surface area contributed by atoms with E-state index in [0.29, 0.717) is 18.7 Å². The summed E-state index contributed by atoms with van der Waals surface area (Å²) in [7, 11) is 1.26. The number of hydrogen-bond donors (Lipinski definition) is 2. The number of nitrogens with one attached hydrogen (secondary N) is 2. The molecule has 1 amide bonds. The topological polar surface area (TPSA) is 103 Å². The lowest BCUT2D eigenvalue weighted by molar-refractivity contribution is -0.162. The number of ether oxygens (including phenoxy) is 3. The van der Waals surface area contributed by atoms with Crippen molar-refractivity contribution in [3.63, 3.8) is 0 Å². The molecular weight excluding hydrogens is 456 g/mol. The van der Waals surface area contributed by atoms with Gasteiger partial charge in [0.1, 0.15) is 22.8 Å². The van der Waals surface area contributed by atoms with Gasteiger partial charge < -0.3 is 19.5 Å². The Hall–Kier alpha value is -2.26. The molecule has 1 aromatic carbocycles. The van der Waals surface area contributed by atoms with Gasteiger partial charge in [-0.2, -0.15) is 11.8 Å². The largest absolute Gasteiger partial charge is 0.467 e. The highest BCUT2D eigenvalue weighted by Gasteiger charge is 2.40. The van der Waals surface area contributed by atoms with E-state index in [0.717, 1.165) is 5.56 Å². The molecule has 1 aromatic rings. The monoisotopic (exact) mass is 496 g/mol. The predicted molar refractivity (Wildman–Crippen MR) is 135 cm³/mol. The molecule has 192 valence electrons. The van der Waals surface area contributed by atoms with Gasteiger partial charge in [-0.25, -0.2) is 14.4 Å². The van der Waals surface area contributed by atoms with Crippen LogP contribution in [-0.4, -0.2) is 59.4 Å². The minimum absolute atomic E-state index is 0.198. The quantitative estimate of drug-likeness (QED) is 0.349. The van der Waals surface area contributed by atoms with Gasteiger partial charge in [-0.15, -0.1) is 0 Å². The van der Waals surface area contributed by atoms with E-state index >= 15 is 0 Å². The van der Waals surface area contributed by atoms with Crippen LogP contribution < -0.4 is 10.6 Å². The van der Waals surface area contributed by atoms with E-state index in [1.807, 2.05) is 58.0 Å².